The maximum atomic E-state index is 11.9. The van der Waals surface area contributed by atoms with Gasteiger partial charge < -0.3 is 10.6 Å². The molecule has 0 aromatic heterocycles. The fourth-order valence-corrected chi connectivity index (χ4v) is 3.23. The van der Waals surface area contributed by atoms with Gasteiger partial charge in [0, 0.05) is 18.3 Å². The van der Waals surface area contributed by atoms with Gasteiger partial charge in [0.25, 0.3) is 0 Å². The maximum absolute atomic E-state index is 11.9. The van der Waals surface area contributed by atoms with Crippen molar-refractivity contribution in [3.05, 3.63) is 0 Å². The third-order valence-electron chi connectivity index (χ3n) is 3.78. The van der Waals surface area contributed by atoms with Crippen LogP contribution >= 0.6 is 11.8 Å². The molecule has 0 spiro atoms. The topological polar surface area (TPSA) is 41.1 Å². The molecule has 1 aliphatic carbocycles. The molecule has 0 radical (unpaired) electrons. The van der Waals surface area contributed by atoms with Crippen molar-refractivity contribution in [2.45, 2.75) is 44.2 Å². The molecule has 0 aromatic rings. The first kappa shape index (κ1) is 12.2. The van der Waals surface area contributed by atoms with Gasteiger partial charge in [-0.1, -0.05) is 12.8 Å². The Morgan fingerprint density at radius 3 is 3.00 bits per heavy atom. The van der Waals surface area contributed by atoms with Crippen LogP contribution in [-0.4, -0.2) is 36.5 Å². The Morgan fingerprint density at radius 1 is 1.44 bits per heavy atom. The fraction of sp³-hybridized carbons (Fsp3) is 0.917. The minimum absolute atomic E-state index is 0.0787. The second-order valence-corrected chi connectivity index (χ2v) is 5.88. The first-order chi connectivity index (χ1) is 7.81. The van der Waals surface area contributed by atoms with Crippen LogP contribution in [0.15, 0.2) is 0 Å². The molecule has 1 saturated heterocycles. The average Bonchev–Trinajstić information content (AvgIpc) is 2.73. The van der Waals surface area contributed by atoms with E-state index in [2.05, 4.69) is 16.9 Å². The number of hydrogen-bond donors (Lipinski definition) is 2. The molecule has 1 aliphatic heterocycles. The summed E-state index contributed by atoms with van der Waals surface area (Å²) < 4.78 is 0. The molecule has 1 heterocycles. The van der Waals surface area contributed by atoms with E-state index in [1.807, 2.05) is 0 Å². The number of thioether (sulfide) groups is 1. The van der Waals surface area contributed by atoms with E-state index in [9.17, 15) is 4.79 Å². The molecule has 1 amide bonds. The largest absolute Gasteiger partial charge is 0.354 e. The summed E-state index contributed by atoms with van der Waals surface area (Å²) in [6, 6.07) is 0.694. The van der Waals surface area contributed by atoms with Crippen molar-refractivity contribution in [3.63, 3.8) is 0 Å². The first-order valence-corrected chi connectivity index (χ1v) is 7.73. The zero-order valence-electron chi connectivity index (χ0n) is 10.00. The molecule has 4 heteroatoms. The highest BCUT2D eigenvalue weighted by Crippen LogP contribution is 2.33. The molecule has 3 atom stereocenters. The lowest BCUT2D eigenvalue weighted by molar-refractivity contribution is -0.122. The highest BCUT2D eigenvalue weighted by atomic mass is 32.2. The predicted octanol–water partition coefficient (Wildman–Crippen LogP) is 1.39. The van der Waals surface area contributed by atoms with E-state index in [1.165, 1.54) is 25.7 Å². The quantitative estimate of drug-likeness (QED) is 0.732. The highest BCUT2D eigenvalue weighted by Gasteiger charge is 2.37. The molecule has 2 rings (SSSR count). The van der Waals surface area contributed by atoms with Crippen molar-refractivity contribution in [2.75, 3.05) is 18.6 Å². The monoisotopic (exact) mass is 242 g/mol. The second kappa shape index (κ2) is 5.92. The molecule has 0 bridgehead atoms. The molecular formula is C12H22N2OS. The minimum Gasteiger partial charge on any atom is -0.354 e. The number of hydrogen-bond acceptors (Lipinski definition) is 3. The van der Waals surface area contributed by atoms with E-state index in [0.29, 0.717) is 6.04 Å². The highest BCUT2D eigenvalue weighted by molar-refractivity contribution is 7.98. The Morgan fingerprint density at radius 2 is 2.25 bits per heavy atom. The molecule has 0 aromatic carbocycles. The third-order valence-corrected chi connectivity index (χ3v) is 4.40. The molecule has 2 N–H and O–H groups in total. The zero-order valence-corrected chi connectivity index (χ0v) is 10.8. The lowest BCUT2D eigenvalue weighted by Crippen LogP contribution is -2.43. The summed E-state index contributed by atoms with van der Waals surface area (Å²) in [6.45, 7) is 0.799. The van der Waals surface area contributed by atoms with Crippen molar-refractivity contribution in [2.24, 2.45) is 5.92 Å². The van der Waals surface area contributed by atoms with Crippen molar-refractivity contribution >= 4 is 17.7 Å². The van der Waals surface area contributed by atoms with Crippen molar-refractivity contribution < 1.29 is 4.79 Å². The van der Waals surface area contributed by atoms with E-state index in [1.54, 1.807) is 11.8 Å². The number of amides is 1. The van der Waals surface area contributed by atoms with Gasteiger partial charge in [0.2, 0.25) is 5.91 Å². The number of fused-ring (bicyclic) bond motifs is 1. The number of carbonyl (C=O) groups is 1. The van der Waals surface area contributed by atoms with Crippen LogP contribution in [0, 0.1) is 5.92 Å². The summed E-state index contributed by atoms with van der Waals surface area (Å²) in [7, 11) is 0. The van der Waals surface area contributed by atoms with Crippen LogP contribution in [0.1, 0.15) is 32.1 Å². The van der Waals surface area contributed by atoms with E-state index < -0.39 is 0 Å². The van der Waals surface area contributed by atoms with Crippen LogP contribution in [0.3, 0.4) is 0 Å². The van der Waals surface area contributed by atoms with Gasteiger partial charge in [0.05, 0.1) is 6.04 Å². The number of nitrogens with one attached hydrogen (secondary N) is 2. The summed E-state index contributed by atoms with van der Waals surface area (Å²) >= 11 is 1.77. The Hall–Kier alpha value is -0.220. The van der Waals surface area contributed by atoms with Gasteiger partial charge in [-0.25, -0.2) is 0 Å². The summed E-state index contributed by atoms with van der Waals surface area (Å²) in [5.41, 5.74) is 0. The average molecular weight is 242 g/mol. The van der Waals surface area contributed by atoms with Crippen LogP contribution in [-0.2, 0) is 4.79 Å². The van der Waals surface area contributed by atoms with Crippen LogP contribution in [0.5, 0.6) is 0 Å². The van der Waals surface area contributed by atoms with Crippen molar-refractivity contribution in [1.29, 1.82) is 0 Å². The fourth-order valence-electron chi connectivity index (χ4n) is 2.92. The number of carbonyl (C=O) groups excluding carboxylic acids is 1. The lowest BCUT2D eigenvalue weighted by atomic mass is 9.85. The Labute approximate surface area is 102 Å². The van der Waals surface area contributed by atoms with Crippen LogP contribution in [0.25, 0.3) is 0 Å². The van der Waals surface area contributed by atoms with E-state index >= 15 is 0 Å². The molecule has 92 valence electrons. The van der Waals surface area contributed by atoms with Crippen LogP contribution < -0.4 is 10.6 Å². The summed E-state index contributed by atoms with van der Waals surface area (Å²) in [5.74, 6) is 1.97. The molecule has 1 saturated carbocycles. The normalized spacial score (nSPS) is 33.4. The van der Waals surface area contributed by atoms with Gasteiger partial charge in [-0.3, -0.25) is 4.79 Å². The Kier molecular flexibility index (Phi) is 4.53. The van der Waals surface area contributed by atoms with Gasteiger partial charge in [0.1, 0.15) is 0 Å². The van der Waals surface area contributed by atoms with Crippen LogP contribution in [0.4, 0.5) is 0 Å². The molecule has 2 aliphatic rings. The van der Waals surface area contributed by atoms with Gasteiger partial charge in [-0.15, -0.1) is 0 Å². The molecule has 2 fully saturated rings. The summed E-state index contributed by atoms with van der Waals surface area (Å²) in [4.78, 5) is 11.9. The molecular weight excluding hydrogens is 220 g/mol. The second-order valence-electron chi connectivity index (χ2n) is 4.89. The standard InChI is InChI=1S/C12H22N2OS/c1-16-7-6-13-12(15)11-8-9-4-2-3-5-10(9)14-11/h9-11,14H,2-8H2,1H3,(H,13,15). The van der Waals surface area contributed by atoms with Gasteiger partial charge in [-0.05, 0) is 31.4 Å². The van der Waals surface area contributed by atoms with E-state index in [0.717, 1.165) is 24.6 Å². The van der Waals surface area contributed by atoms with Gasteiger partial charge >= 0.3 is 0 Å². The zero-order chi connectivity index (χ0) is 11.4. The molecule has 3 unspecified atom stereocenters. The van der Waals surface area contributed by atoms with E-state index in [4.69, 9.17) is 0 Å². The van der Waals surface area contributed by atoms with Crippen LogP contribution in [0.2, 0.25) is 0 Å². The van der Waals surface area contributed by atoms with Gasteiger partial charge in [-0.2, -0.15) is 11.8 Å². The predicted molar refractivity (Wildman–Crippen MR) is 68.7 cm³/mol. The smallest absolute Gasteiger partial charge is 0.237 e. The maximum Gasteiger partial charge on any atom is 0.237 e. The lowest BCUT2D eigenvalue weighted by Gasteiger charge is -2.24. The summed E-state index contributed by atoms with van der Waals surface area (Å²) in [6.07, 6.45) is 8.37. The van der Waals surface area contributed by atoms with Crippen molar-refractivity contribution in [3.8, 4) is 0 Å². The van der Waals surface area contributed by atoms with Crippen molar-refractivity contribution in [1.82, 2.24) is 10.6 Å². The first-order valence-electron chi connectivity index (χ1n) is 6.34. The van der Waals surface area contributed by atoms with E-state index in [-0.39, 0.29) is 11.9 Å². The number of rotatable bonds is 4. The minimum atomic E-state index is 0.0787. The molecule has 16 heavy (non-hydrogen) atoms. The Bertz CT molecular complexity index is 233. The Balaban J connectivity index is 1.76. The molecule has 3 nitrogen and oxygen atoms in total. The van der Waals surface area contributed by atoms with Gasteiger partial charge in [0.15, 0.2) is 0 Å². The SMILES string of the molecule is CSCCNC(=O)C1CC2CCCCC2N1. The summed E-state index contributed by atoms with van der Waals surface area (Å²) in [5, 5.41) is 6.51. The third kappa shape index (κ3) is 2.92.